The fourth-order valence-electron chi connectivity index (χ4n) is 4.78. The summed E-state index contributed by atoms with van der Waals surface area (Å²) in [5, 5.41) is 11.0. The fraction of sp³-hybridized carbons (Fsp3) is 0.583. The van der Waals surface area contributed by atoms with Crippen LogP contribution in [0.1, 0.15) is 61.1 Å². The Morgan fingerprint density at radius 1 is 1.19 bits per heavy atom. The van der Waals surface area contributed by atoms with Crippen LogP contribution in [-0.2, 0) is 4.74 Å². The largest absolute Gasteiger partial charge is 0.387 e. The molecule has 0 radical (unpaired) electrons. The summed E-state index contributed by atoms with van der Waals surface area (Å²) >= 11 is 6.06. The lowest BCUT2D eigenvalue weighted by Gasteiger charge is -2.35. The zero-order chi connectivity index (χ0) is 22.0. The molecule has 3 atom stereocenters. The highest BCUT2D eigenvalue weighted by Gasteiger charge is 2.34. The van der Waals surface area contributed by atoms with Crippen molar-refractivity contribution in [3.63, 3.8) is 0 Å². The summed E-state index contributed by atoms with van der Waals surface area (Å²) in [5.41, 5.74) is 3.12. The van der Waals surface area contributed by atoms with Crippen LogP contribution in [-0.4, -0.2) is 60.3 Å². The van der Waals surface area contributed by atoms with Crippen molar-refractivity contribution in [3.05, 3.63) is 52.4 Å². The Labute approximate surface area is 190 Å². The van der Waals surface area contributed by atoms with Crippen molar-refractivity contribution >= 4 is 17.4 Å². The number of hydrogen-bond donors (Lipinski definition) is 1. The Hall–Kier alpha value is -1.73. The van der Waals surface area contributed by atoms with Crippen LogP contribution in [0.25, 0.3) is 0 Å². The van der Waals surface area contributed by atoms with Gasteiger partial charge in [0.1, 0.15) is 12.1 Å². The van der Waals surface area contributed by atoms with Gasteiger partial charge in [-0.05, 0) is 62.9 Å². The second kappa shape index (κ2) is 9.82. The number of hydrogen-bond acceptors (Lipinski definition) is 6. The van der Waals surface area contributed by atoms with Crippen LogP contribution in [0.15, 0.2) is 30.6 Å². The zero-order valence-corrected chi connectivity index (χ0v) is 19.4. The van der Waals surface area contributed by atoms with E-state index in [0.29, 0.717) is 11.8 Å². The van der Waals surface area contributed by atoms with Crippen LogP contribution in [0.4, 0.5) is 5.82 Å². The van der Waals surface area contributed by atoms with Crippen LogP contribution in [0.2, 0.25) is 5.02 Å². The van der Waals surface area contributed by atoms with Crippen LogP contribution < -0.4 is 4.90 Å². The van der Waals surface area contributed by atoms with Crippen molar-refractivity contribution in [1.29, 1.82) is 0 Å². The van der Waals surface area contributed by atoms with Gasteiger partial charge in [0.25, 0.3) is 0 Å². The number of benzene rings is 1. The molecular formula is C24H33ClN4O2. The first-order valence-corrected chi connectivity index (χ1v) is 11.6. The molecule has 0 bridgehead atoms. The molecule has 1 fully saturated rings. The Bertz CT molecular complexity index is 868. The third-order valence-electron chi connectivity index (χ3n) is 6.50. The third kappa shape index (κ3) is 5.20. The SMILES string of the molecule is C[C@@H]1C[C@@H](O)c2ncnc(N3CCC(CO[C@@H](CN(C)C)c4ccc(Cl)cc4)CC3)c21. The Morgan fingerprint density at radius 2 is 1.90 bits per heavy atom. The van der Waals surface area contributed by atoms with Gasteiger partial charge in [0.2, 0.25) is 0 Å². The van der Waals surface area contributed by atoms with Crippen molar-refractivity contribution in [3.8, 4) is 0 Å². The first kappa shape index (κ1) is 22.5. The lowest BCUT2D eigenvalue weighted by molar-refractivity contribution is 0.00886. The van der Waals surface area contributed by atoms with E-state index >= 15 is 0 Å². The number of anilines is 1. The number of ether oxygens (including phenoxy) is 1. The first-order chi connectivity index (χ1) is 14.9. The van der Waals surface area contributed by atoms with Crippen LogP contribution in [0, 0.1) is 5.92 Å². The molecule has 1 saturated heterocycles. The zero-order valence-electron chi connectivity index (χ0n) is 18.7. The highest BCUT2D eigenvalue weighted by atomic mass is 35.5. The van der Waals surface area contributed by atoms with Gasteiger partial charge in [-0.25, -0.2) is 9.97 Å². The van der Waals surface area contributed by atoms with E-state index in [2.05, 4.69) is 52.9 Å². The van der Waals surface area contributed by atoms with Crippen molar-refractivity contribution in [2.24, 2.45) is 5.92 Å². The van der Waals surface area contributed by atoms with Crippen LogP contribution >= 0.6 is 11.6 Å². The van der Waals surface area contributed by atoms with Gasteiger partial charge in [0.05, 0.1) is 24.5 Å². The minimum Gasteiger partial charge on any atom is -0.387 e. The Kier molecular flexibility index (Phi) is 7.12. The van der Waals surface area contributed by atoms with Crippen molar-refractivity contribution in [2.75, 3.05) is 45.2 Å². The lowest BCUT2D eigenvalue weighted by Crippen LogP contribution is -2.37. The van der Waals surface area contributed by atoms with E-state index < -0.39 is 6.10 Å². The molecule has 0 unspecified atom stereocenters. The molecule has 7 heteroatoms. The van der Waals surface area contributed by atoms with E-state index in [1.807, 2.05) is 12.1 Å². The molecule has 1 aliphatic heterocycles. The maximum Gasteiger partial charge on any atom is 0.135 e. The maximum absolute atomic E-state index is 10.3. The standard InChI is InChI=1S/C24H33ClN4O2/c1-16-12-20(30)23-22(16)24(27-15-26-23)29-10-8-17(9-11-29)14-31-21(13-28(2)3)18-4-6-19(25)7-5-18/h4-7,15-17,20-21,30H,8-14H2,1-3H3/t16-,20-,21+/m1/s1. The second-order valence-electron chi connectivity index (χ2n) is 9.21. The van der Waals surface area contributed by atoms with E-state index in [-0.39, 0.29) is 6.10 Å². The highest BCUT2D eigenvalue weighted by Crippen LogP contribution is 2.43. The quantitative estimate of drug-likeness (QED) is 0.690. The molecule has 2 heterocycles. The molecule has 0 saturated carbocycles. The van der Waals surface area contributed by atoms with Gasteiger partial charge in [-0.3, -0.25) is 0 Å². The monoisotopic (exact) mass is 444 g/mol. The molecule has 1 N–H and O–H groups in total. The summed E-state index contributed by atoms with van der Waals surface area (Å²) in [4.78, 5) is 13.5. The van der Waals surface area contributed by atoms with E-state index in [9.17, 15) is 5.11 Å². The number of likely N-dealkylation sites (N-methyl/N-ethyl adjacent to an activating group) is 1. The van der Waals surface area contributed by atoms with Gasteiger partial charge < -0.3 is 19.6 Å². The number of rotatable bonds is 7. The molecule has 2 aliphatic rings. The van der Waals surface area contributed by atoms with Crippen molar-refractivity contribution in [1.82, 2.24) is 14.9 Å². The third-order valence-corrected chi connectivity index (χ3v) is 6.75. The van der Waals surface area contributed by atoms with E-state index in [4.69, 9.17) is 16.3 Å². The average molecular weight is 445 g/mol. The van der Waals surface area contributed by atoms with E-state index in [1.165, 1.54) is 5.56 Å². The molecule has 2 aromatic rings. The molecule has 6 nitrogen and oxygen atoms in total. The van der Waals surface area contributed by atoms with Crippen LogP contribution in [0.5, 0.6) is 0 Å². The minimum atomic E-state index is -0.459. The second-order valence-corrected chi connectivity index (χ2v) is 9.65. The Balaban J connectivity index is 1.35. The van der Waals surface area contributed by atoms with E-state index in [0.717, 1.165) is 67.6 Å². The number of aromatic nitrogens is 2. The molecular weight excluding hydrogens is 412 g/mol. The first-order valence-electron chi connectivity index (χ1n) is 11.2. The van der Waals surface area contributed by atoms with E-state index in [1.54, 1.807) is 6.33 Å². The number of piperidine rings is 1. The van der Waals surface area contributed by atoms with Gasteiger partial charge >= 0.3 is 0 Å². The minimum absolute atomic E-state index is 0.0396. The van der Waals surface area contributed by atoms with Crippen molar-refractivity contribution < 1.29 is 9.84 Å². The molecule has 168 valence electrons. The summed E-state index contributed by atoms with van der Waals surface area (Å²) in [6, 6.07) is 7.98. The molecule has 0 spiro atoms. The predicted octanol–water partition coefficient (Wildman–Crippen LogP) is 4.21. The van der Waals surface area contributed by atoms with Crippen LogP contribution in [0.3, 0.4) is 0 Å². The molecule has 1 aromatic heterocycles. The van der Waals surface area contributed by atoms with Gasteiger partial charge in [0.15, 0.2) is 0 Å². The maximum atomic E-state index is 10.3. The normalized spacial score (nSPS) is 22.7. The lowest BCUT2D eigenvalue weighted by atomic mass is 9.96. The number of halogens is 1. The fourth-order valence-corrected chi connectivity index (χ4v) is 4.91. The molecule has 0 amide bonds. The predicted molar refractivity (Wildman–Crippen MR) is 124 cm³/mol. The number of fused-ring (bicyclic) bond motifs is 1. The van der Waals surface area contributed by atoms with Gasteiger partial charge in [-0.2, -0.15) is 0 Å². The Morgan fingerprint density at radius 3 is 2.58 bits per heavy atom. The highest BCUT2D eigenvalue weighted by molar-refractivity contribution is 6.30. The average Bonchev–Trinajstić information content (AvgIpc) is 3.06. The van der Waals surface area contributed by atoms with Gasteiger partial charge in [-0.15, -0.1) is 0 Å². The van der Waals surface area contributed by atoms with Crippen molar-refractivity contribution in [2.45, 2.75) is 44.3 Å². The van der Waals surface area contributed by atoms with Gasteiger partial charge in [-0.1, -0.05) is 30.7 Å². The molecule has 31 heavy (non-hydrogen) atoms. The molecule has 1 aliphatic carbocycles. The number of aliphatic hydroxyl groups excluding tert-OH is 1. The topological polar surface area (TPSA) is 61.7 Å². The summed E-state index contributed by atoms with van der Waals surface area (Å²) < 4.78 is 6.40. The summed E-state index contributed by atoms with van der Waals surface area (Å²) in [7, 11) is 4.14. The molecule has 1 aromatic carbocycles. The summed E-state index contributed by atoms with van der Waals surface area (Å²) in [6.45, 7) is 5.67. The number of nitrogens with zero attached hydrogens (tertiary/aromatic N) is 4. The summed E-state index contributed by atoms with van der Waals surface area (Å²) in [6.07, 6.45) is 4.07. The number of aliphatic hydroxyl groups is 1. The smallest absolute Gasteiger partial charge is 0.135 e. The summed E-state index contributed by atoms with van der Waals surface area (Å²) in [5.74, 6) is 1.85. The molecule has 4 rings (SSSR count). The van der Waals surface area contributed by atoms with Gasteiger partial charge in [0, 0.05) is 30.2 Å².